The van der Waals surface area contributed by atoms with Gasteiger partial charge in [-0.3, -0.25) is 5.10 Å². The summed E-state index contributed by atoms with van der Waals surface area (Å²) in [7, 11) is 0. The number of aliphatic hydroxyl groups excluding tert-OH is 1. The number of aromatic nitrogens is 2. The van der Waals surface area contributed by atoms with Crippen LogP contribution in [0, 0.1) is 0 Å². The molecule has 3 aromatic rings. The number of hydrogen-bond acceptors (Lipinski definition) is 3. The van der Waals surface area contributed by atoms with E-state index >= 15 is 0 Å². The smallest absolute Gasteiger partial charge is 0.0999 e. The molecule has 0 bridgehead atoms. The average Bonchev–Trinajstić information content (AvgIpc) is 2.90. The molecule has 0 aliphatic rings. The minimum atomic E-state index is 0.0570. The summed E-state index contributed by atoms with van der Waals surface area (Å²) in [6.45, 7) is 0.580. The average molecular weight is 253 g/mol. The number of hydrogen-bond donors (Lipinski definition) is 3. The molecule has 1 aromatic heterocycles. The number of aliphatic hydroxyl groups is 1. The molecule has 96 valence electrons. The first-order valence-electron chi connectivity index (χ1n) is 6.19. The second kappa shape index (κ2) is 4.84. The quantitative estimate of drug-likeness (QED) is 0.669. The van der Waals surface area contributed by atoms with Gasteiger partial charge < -0.3 is 10.8 Å². The van der Waals surface area contributed by atoms with Gasteiger partial charge in [0.05, 0.1) is 17.8 Å². The van der Waals surface area contributed by atoms with Crippen molar-refractivity contribution in [3.63, 3.8) is 0 Å². The van der Waals surface area contributed by atoms with Crippen molar-refractivity contribution in [2.24, 2.45) is 5.73 Å². The van der Waals surface area contributed by atoms with E-state index in [2.05, 4.69) is 10.2 Å². The molecular weight excluding hydrogens is 238 g/mol. The minimum absolute atomic E-state index is 0.0570. The summed E-state index contributed by atoms with van der Waals surface area (Å²) >= 11 is 0. The van der Waals surface area contributed by atoms with Gasteiger partial charge in [0.15, 0.2) is 0 Å². The lowest BCUT2D eigenvalue weighted by molar-refractivity contribution is 0.282. The molecule has 0 fully saturated rings. The topological polar surface area (TPSA) is 74.9 Å². The van der Waals surface area contributed by atoms with Gasteiger partial charge in [0.2, 0.25) is 0 Å². The third kappa shape index (κ3) is 2.12. The fourth-order valence-corrected chi connectivity index (χ4v) is 2.18. The van der Waals surface area contributed by atoms with E-state index in [4.69, 9.17) is 10.8 Å². The van der Waals surface area contributed by atoms with Crippen LogP contribution in [-0.4, -0.2) is 15.3 Å². The third-order valence-electron chi connectivity index (χ3n) is 3.27. The Kier molecular flexibility index (Phi) is 3.03. The Bertz CT molecular complexity index is 701. The van der Waals surface area contributed by atoms with Gasteiger partial charge in [-0.1, -0.05) is 36.4 Å². The first-order valence-corrected chi connectivity index (χ1v) is 6.19. The highest BCUT2D eigenvalue weighted by Gasteiger charge is 2.08. The van der Waals surface area contributed by atoms with Gasteiger partial charge in [-0.15, -0.1) is 0 Å². The number of benzene rings is 2. The normalized spacial score (nSPS) is 11.1. The van der Waals surface area contributed by atoms with Crippen LogP contribution in [0.5, 0.6) is 0 Å². The Balaban J connectivity index is 2.09. The molecule has 3 rings (SSSR count). The predicted molar refractivity (Wildman–Crippen MR) is 75.3 cm³/mol. The summed E-state index contributed by atoms with van der Waals surface area (Å²) in [6.07, 6.45) is 0. The Morgan fingerprint density at radius 3 is 2.47 bits per heavy atom. The largest absolute Gasteiger partial charge is 0.392 e. The lowest BCUT2D eigenvalue weighted by Gasteiger charge is -2.01. The van der Waals surface area contributed by atoms with E-state index in [0.29, 0.717) is 6.54 Å². The monoisotopic (exact) mass is 253 g/mol. The molecule has 1 heterocycles. The molecule has 4 N–H and O–H groups in total. The van der Waals surface area contributed by atoms with E-state index in [1.54, 1.807) is 0 Å². The maximum Gasteiger partial charge on any atom is 0.0999 e. The highest BCUT2D eigenvalue weighted by Crippen LogP contribution is 2.27. The van der Waals surface area contributed by atoms with Gasteiger partial charge in [0.1, 0.15) is 0 Å². The van der Waals surface area contributed by atoms with Crippen LogP contribution in [0.25, 0.3) is 22.2 Å². The van der Waals surface area contributed by atoms with Crippen LogP contribution >= 0.6 is 0 Å². The maximum absolute atomic E-state index is 9.05. The summed E-state index contributed by atoms with van der Waals surface area (Å²) in [5.74, 6) is 0. The lowest BCUT2D eigenvalue weighted by Crippen LogP contribution is -1.95. The number of fused-ring (bicyclic) bond motifs is 1. The first kappa shape index (κ1) is 11.9. The fourth-order valence-electron chi connectivity index (χ4n) is 2.18. The molecular formula is C15H15N3O. The van der Waals surface area contributed by atoms with Crippen LogP contribution < -0.4 is 5.73 Å². The van der Waals surface area contributed by atoms with Gasteiger partial charge in [0, 0.05) is 17.5 Å². The molecule has 0 atom stereocenters. The standard InChI is InChI=1S/C15H15N3O/c16-8-11-3-6-13-14(7-11)17-18-15(13)12-4-1-10(9-19)2-5-12/h1-7,19H,8-9,16H2,(H,17,18). The Labute approximate surface area is 110 Å². The van der Waals surface area contributed by atoms with Crippen LogP contribution in [0.3, 0.4) is 0 Å². The van der Waals surface area contributed by atoms with E-state index in [1.165, 1.54) is 0 Å². The van der Waals surface area contributed by atoms with E-state index in [-0.39, 0.29) is 6.61 Å². The number of nitrogens with two attached hydrogens (primary N) is 1. The summed E-state index contributed by atoms with van der Waals surface area (Å²) < 4.78 is 0. The molecule has 2 aromatic carbocycles. The molecule has 0 amide bonds. The molecule has 0 aliphatic carbocycles. The first-order chi connectivity index (χ1) is 9.31. The Hall–Kier alpha value is -2.17. The second-order valence-electron chi connectivity index (χ2n) is 4.51. The van der Waals surface area contributed by atoms with Crippen molar-refractivity contribution in [3.05, 3.63) is 53.6 Å². The van der Waals surface area contributed by atoms with Gasteiger partial charge in [-0.05, 0) is 17.2 Å². The Morgan fingerprint density at radius 1 is 1.05 bits per heavy atom. The summed E-state index contributed by atoms with van der Waals surface area (Å²) in [5, 5.41) is 17.5. The number of aromatic amines is 1. The molecule has 0 unspecified atom stereocenters. The van der Waals surface area contributed by atoms with Gasteiger partial charge in [-0.2, -0.15) is 5.10 Å². The summed E-state index contributed by atoms with van der Waals surface area (Å²) in [5.41, 5.74) is 10.6. The van der Waals surface area contributed by atoms with Gasteiger partial charge in [-0.25, -0.2) is 0 Å². The molecule has 0 saturated carbocycles. The van der Waals surface area contributed by atoms with Crippen LogP contribution in [0.1, 0.15) is 11.1 Å². The zero-order chi connectivity index (χ0) is 13.2. The fraction of sp³-hybridized carbons (Fsp3) is 0.133. The van der Waals surface area contributed by atoms with Gasteiger partial charge >= 0.3 is 0 Å². The zero-order valence-electron chi connectivity index (χ0n) is 10.4. The third-order valence-corrected chi connectivity index (χ3v) is 3.27. The van der Waals surface area contributed by atoms with Crippen LogP contribution in [0.4, 0.5) is 0 Å². The van der Waals surface area contributed by atoms with Crippen molar-refractivity contribution in [3.8, 4) is 11.3 Å². The minimum Gasteiger partial charge on any atom is -0.392 e. The number of H-pyrrole nitrogens is 1. The molecule has 4 nitrogen and oxygen atoms in total. The number of rotatable bonds is 3. The van der Waals surface area contributed by atoms with Crippen LogP contribution in [0.2, 0.25) is 0 Å². The van der Waals surface area contributed by atoms with Crippen molar-refractivity contribution in [1.82, 2.24) is 10.2 Å². The molecule has 0 aliphatic heterocycles. The van der Waals surface area contributed by atoms with Crippen LogP contribution in [-0.2, 0) is 13.2 Å². The van der Waals surface area contributed by atoms with E-state index in [0.717, 1.165) is 33.3 Å². The second-order valence-corrected chi connectivity index (χ2v) is 4.51. The van der Waals surface area contributed by atoms with E-state index < -0.39 is 0 Å². The zero-order valence-corrected chi connectivity index (χ0v) is 10.4. The molecule has 0 radical (unpaired) electrons. The van der Waals surface area contributed by atoms with Crippen molar-refractivity contribution in [2.45, 2.75) is 13.2 Å². The predicted octanol–water partition coefficient (Wildman–Crippen LogP) is 2.18. The van der Waals surface area contributed by atoms with Crippen molar-refractivity contribution in [2.75, 3.05) is 0 Å². The Morgan fingerprint density at radius 2 is 1.79 bits per heavy atom. The number of nitrogens with zero attached hydrogens (tertiary/aromatic N) is 1. The van der Waals surface area contributed by atoms with Crippen molar-refractivity contribution in [1.29, 1.82) is 0 Å². The number of nitrogens with one attached hydrogen (secondary N) is 1. The van der Waals surface area contributed by atoms with Gasteiger partial charge in [0.25, 0.3) is 0 Å². The SMILES string of the molecule is NCc1ccc2c(-c3ccc(CO)cc3)n[nH]c2c1. The lowest BCUT2D eigenvalue weighted by atomic mass is 10.0. The highest BCUT2D eigenvalue weighted by atomic mass is 16.3. The van der Waals surface area contributed by atoms with Crippen molar-refractivity contribution >= 4 is 10.9 Å². The molecule has 4 heteroatoms. The summed E-state index contributed by atoms with van der Waals surface area (Å²) in [6, 6.07) is 13.8. The molecule has 19 heavy (non-hydrogen) atoms. The highest BCUT2D eigenvalue weighted by molar-refractivity contribution is 5.93. The van der Waals surface area contributed by atoms with E-state index in [9.17, 15) is 0 Å². The summed E-state index contributed by atoms with van der Waals surface area (Å²) in [4.78, 5) is 0. The maximum atomic E-state index is 9.05. The van der Waals surface area contributed by atoms with Crippen molar-refractivity contribution < 1.29 is 5.11 Å². The van der Waals surface area contributed by atoms with Crippen LogP contribution in [0.15, 0.2) is 42.5 Å². The van der Waals surface area contributed by atoms with E-state index in [1.807, 2.05) is 42.5 Å². The molecule has 0 spiro atoms. The molecule has 0 saturated heterocycles.